The summed E-state index contributed by atoms with van der Waals surface area (Å²) >= 11 is 0. The highest BCUT2D eigenvalue weighted by atomic mass is 16.7. The van der Waals surface area contributed by atoms with Crippen molar-refractivity contribution < 1.29 is 14.4 Å². The normalized spacial score (nSPS) is 11.2. The quantitative estimate of drug-likeness (QED) is 0.114. The van der Waals surface area contributed by atoms with Crippen LogP contribution in [-0.2, 0) is 9.63 Å². The van der Waals surface area contributed by atoms with Crippen molar-refractivity contribution in [1.29, 1.82) is 0 Å². The molecule has 0 N–H and O–H groups in total. The van der Waals surface area contributed by atoms with E-state index in [1.54, 1.807) is 6.08 Å². The van der Waals surface area contributed by atoms with Crippen LogP contribution in [0.4, 0.5) is 0 Å². The number of nitrogens with zero attached hydrogens (tertiary/aromatic N) is 1. The van der Waals surface area contributed by atoms with Crippen molar-refractivity contribution in [1.82, 2.24) is 0 Å². The Morgan fingerprint density at radius 3 is 2.20 bits per heavy atom. The molecule has 2 rings (SSSR count). The topological polar surface area (TPSA) is 47.9 Å². The Labute approximate surface area is 180 Å². The fraction of sp³-hybridized carbons (Fsp3) is 0.385. The van der Waals surface area contributed by atoms with Crippen LogP contribution >= 0.6 is 0 Å². The summed E-state index contributed by atoms with van der Waals surface area (Å²) in [7, 11) is 0. The monoisotopic (exact) mass is 407 g/mol. The first-order chi connectivity index (χ1) is 14.8. The lowest BCUT2D eigenvalue weighted by molar-refractivity contribution is -0.137. The SMILES string of the molecule is CCCCCCCCCCOc1ccc(C=NOC(=O)/C=C/c2ccccc2)cc1. The summed E-state index contributed by atoms with van der Waals surface area (Å²) in [6.07, 6.45) is 14.9. The van der Waals surface area contributed by atoms with E-state index in [1.165, 1.54) is 57.2 Å². The van der Waals surface area contributed by atoms with Crippen LogP contribution in [0, 0.1) is 0 Å². The fourth-order valence-corrected chi connectivity index (χ4v) is 2.97. The minimum atomic E-state index is -0.513. The van der Waals surface area contributed by atoms with Gasteiger partial charge in [0.25, 0.3) is 0 Å². The molecule has 0 aliphatic rings. The Morgan fingerprint density at radius 2 is 1.50 bits per heavy atom. The van der Waals surface area contributed by atoms with Gasteiger partial charge in [-0.15, -0.1) is 0 Å². The van der Waals surface area contributed by atoms with E-state index in [1.807, 2.05) is 54.6 Å². The summed E-state index contributed by atoms with van der Waals surface area (Å²) in [6, 6.07) is 17.1. The summed E-state index contributed by atoms with van der Waals surface area (Å²) < 4.78 is 5.78. The van der Waals surface area contributed by atoms with Crippen molar-refractivity contribution in [2.24, 2.45) is 5.16 Å². The number of ether oxygens (including phenoxy) is 1. The standard InChI is InChI=1S/C26H33NO3/c1-2-3-4-5-6-7-8-12-21-29-25-18-15-24(16-19-25)22-27-30-26(28)20-17-23-13-10-9-11-14-23/h9-11,13-20,22H,2-8,12,21H2,1H3/b20-17+,27-22?. The molecule has 2 aromatic rings. The molecule has 0 saturated heterocycles. The lowest BCUT2D eigenvalue weighted by atomic mass is 10.1. The molecule has 0 atom stereocenters. The Morgan fingerprint density at radius 1 is 0.833 bits per heavy atom. The molecule has 4 nitrogen and oxygen atoms in total. The maximum atomic E-state index is 11.7. The van der Waals surface area contributed by atoms with Gasteiger partial charge in [0, 0.05) is 6.08 Å². The third-order valence-corrected chi connectivity index (χ3v) is 4.70. The van der Waals surface area contributed by atoms with Gasteiger partial charge in [0.1, 0.15) is 5.75 Å². The maximum absolute atomic E-state index is 11.7. The van der Waals surface area contributed by atoms with Gasteiger partial charge in [0.2, 0.25) is 0 Å². The molecule has 0 unspecified atom stereocenters. The Hall–Kier alpha value is -2.88. The van der Waals surface area contributed by atoms with Gasteiger partial charge in [-0.05, 0) is 47.9 Å². The van der Waals surface area contributed by atoms with Gasteiger partial charge in [-0.1, -0.05) is 87.4 Å². The summed E-state index contributed by atoms with van der Waals surface area (Å²) in [5.74, 6) is 0.332. The molecule has 30 heavy (non-hydrogen) atoms. The minimum absolute atomic E-state index is 0.513. The molecular formula is C26H33NO3. The van der Waals surface area contributed by atoms with E-state index in [9.17, 15) is 4.79 Å². The highest BCUT2D eigenvalue weighted by Crippen LogP contribution is 2.13. The van der Waals surface area contributed by atoms with Crippen LogP contribution < -0.4 is 4.74 Å². The number of hydrogen-bond acceptors (Lipinski definition) is 4. The summed E-state index contributed by atoms with van der Waals surface area (Å²) in [5.41, 5.74) is 1.77. The average Bonchev–Trinajstić information content (AvgIpc) is 2.78. The molecule has 2 aromatic carbocycles. The number of unbranched alkanes of at least 4 members (excludes halogenated alkanes) is 7. The number of benzene rings is 2. The predicted molar refractivity (Wildman–Crippen MR) is 124 cm³/mol. The Bertz CT molecular complexity index is 767. The van der Waals surface area contributed by atoms with Crippen LogP contribution in [0.15, 0.2) is 65.8 Å². The molecular weight excluding hydrogens is 374 g/mol. The van der Waals surface area contributed by atoms with Crippen molar-refractivity contribution in [2.45, 2.75) is 58.3 Å². The van der Waals surface area contributed by atoms with Crippen molar-refractivity contribution in [2.75, 3.05) is 6.61 Å². The van der Waals surface area contributed by atoms with Crippen molar-refractivity contribution >= 4 is 18.3 Å². The van der Waals surface area contributed by atoms with E-state index in [0.717, 1.165) is 29.9 Å². The summed E-state index contributed by atoms with van der Waals surface area (Å²) in [5, 5.41) is 3.74. The molecule has 0 bridgehead atoms. The highest BCUT2D eigenvalue weighted by Gasteiger charge is 1.97. The van der Waals surface area contributed by atoms with Gasteiger partial charge in [0.15, 0.2) is 0 Å². The lowest BCUT2D eigenvalue weighted by Gasteiger charge is -2.06. The smallest absolute Gasteiger partial charge is 0.358 e. The number of carbonyl (C=O) groups is 1. The maximum Gasteiger partial charge on any atom is 0.358 e. The number of carbonyl (C=O) groups excluding carboxylic acids is 1. The van der Waals surface area contributed by atoms with Gasteiger partial charge in [-0.3, -0.25) is 0 Å². The lowest BCUT2D eigenvalue weighted by Crippen LogP contribution is -1.97. The number of oxime groups is 1. The third kappa shape index (κ3) is 10.6. The van der Waals surface area contributed by atoms with Gasteiger partial charge in [-0.25, -0.2) is 4.79 Å². The second kappa shape index (κ2) is 15.0. The molecule has 0 amide bonds. The fourth-order valence-electron chi connectivity index (χ4n) is 2.97. The van der Waals surface area contributed by atoms with E-state index in [4.69, 9.17) is 9.57 Å². The van der Waals surface area contributed by atoms with Crippen LogP contribution in [0.2, 0.25) is 0 Å². The zero-order valence-corrected chi connectivity index (χ0v) is 18.0. The predicted octanol–water partition coefficient (Wildman–Crippen LogP) is 6.80. The van der Waals surface area contributed by atoms with Crippen LogP contribution in [-0.4, -0.2) is 18.8 Å². The van der Waals surface area contributed by atoms with Crippen LogP contribution in [0.25, 0.3) is 6.08 Å². The Kier molecular flexibility index (Phi) is 11.7. The van der Waals surface area contributed by atoms with E-state index in [2.05, 4.69) is 12.1 Å². The minimum Gasteiger partial charge on any atom is -0.494 e. The van der Waals surface area contributed by atoms with Crippen LogP contribution in [0.3, 0.4) is 0 Å². The van der Waals surface area contributed by atoms with Crippen LogP contribution in [0.5, 0.6) is 5.75 Å². The molecule has 0 aliphatic carbocycles. The van der Waals surface area contributed by atoms with E-state index in [-0.39, 0.29) is 0 Å². The second-order valence-electron chi connectivity index (χ2n) is 7.28. The third-order valence-electron chi connectivity index (χ3n) is 4.70. The van der Waals surface area contributed by atoms with Gasteiger partial charge < -0.3 is 9.57 Å². The van der Waals surface area contributed by atoms with E-state index < -0.39 is 5.97 Å². The van der Waals surface area contributed by atoms with Gasteiger partial charge in [-0.2, -0.15) is 0 Å². The largest absolute Gasteiger partial charge is 0.494 e. The average molecular weight is 408 g/mol. The summed E-state index contributed by atoms with van der Waals surface area (Å²) in [4.78, 5) is 16.5. The molecule has 0 spiro atoms. The molecule has 0 aromatic heterocycles. The van der Waals surface area contributed by atoms with Gasteiger partial charge >= 0.3 is 5.97 Å². The molecule has 0 fully saturated rings. The molecule has 0 radical (unpaired) electrons. The summed E-state index contributed by atoms with van der Waals surface area (Å²) in [6.45, 7) is 2.99. The first-order valence-corrected chi connectivity index (χ1v) is 11.0. The zero-order chi connectivity index (χ0) is 21.3. The Balaban J connectivity index is 1.59. The first-order valence-electron chi connectivity index (χ1n) is 11.0. The van der Waals surface area contributed by atoms with Crippen molar-refractivity contribution in [3.8, 4) is 5.75 Å². The van der Waals surface area contributed by atoms with E-state index >= 15 is 0 Å². The van der Waals surface area contributed by atoms with Crippen LogP contribution in [0.1, 0.15) is 69.4 Å². The zero-order valence-electron chi connectivity index (χ0n) is 18.0. The molecule has 0 saturated carbocycles. The molecule has 0 heterocycles. The van der Waals surface area contributed by atoms with Gasteiger partial charge in [0.05, 0.1) is 12.8 Å². The second-order valence-corrected chi connectivity index (χ2v) is 7.28. The highest BCUT2D eigenvalue weighted by molar-refractivity contribution is 5.88. The molecule has 0 aliphatic heterocycles. The molecule has 4 heteroatoms. The first kappa shape index (κ1) is 23.4. The number of hydrogen-bond donors (Lipinski definition) is 0. The van der Waals surface area contributed by atoms with Crippen molar-refractivity contribution in [3.05, 3.63) is 71.8 Å². The number of rotatable bonds is 14. The van der Waals surface area contributed by atoms with E-state index in [0.29, 0.717) is 0 Å². The molecule has 160 valence electrons. The van der Waals surface area contributed by atoms with Crippen molar-refractivity contribution in [3.63, 3.8) is 0 Å².